The SMILES string of the molecule is C[Si](Cl)(Cl)CCl. The first-order valence-electron chi connectivity index (χ1n) is 1.50. The zero-order chi connectivity index (χ0) is 5.21. The summed E-state index contributed by atoms with van der Waals surface area (Å²) in [6.07, 6.45) is 0. The molecule has 0 fully saturated rings. The molecule has 0 spiro atoms. The Labute approximate surface area is 52.8 Å². The molecular weight excluding hydrogens is 158 g/mol. The molecule has 0 aliphatic heterocycles. The fourth-order valence-electron chi connectivity index (χ4n) is 0. The summed E-state index contributed by atoms with van der Waals surface area (Å²) in [5.74, 6) is 0. The summed E-state index contributed by atoms with van der Waals surface area (Å²) in [6.45, 7) is -0.140. The number of alkyl halides is 1. The van der Waals surface area contributed by atoms with Crippen molar-refractivity contribution in [3.63, 3.8) is 0 Å². The van der Waals surface area contributed by atoms with Crippen molar-refractivity contribution in [1.82, 2.24) is 0 Å². The van der Waals surface area contributed by atoms with Gasteiger partial charge in [0.2, 0.25) is 0 Å². The highest BCUT2D eigenvalue weighted by atomic mass is 35.7. The van der Waals surface area contributed by atoms with E-state index in [4.69, 9.17) is 33.8 Å². The second-order valence-corrected chi connectivity index (χ2v) is 10.00. The maximum Gasteiger partial charge on any atom is 0.262 e. The van der Waals surface area contributed by atoms with Crippen LogP contribution >= 0.6 is 33.8 Å². The molecule has 38 valence electrons. The fourth-order valence-corrected chi connectivity index (χ4v) is 0. The van der Waals surface area contributed by atoms with Crippen molar-refractivity contribution in [2.75, 3.05) is 5.50 Å². The quantitative estimate of drug-likeness (QED) is 0.316. The van der Waals surface area contributed by atoms with E-state index in [0.29, 0.717) is 5.50 Å². The molecule has 0 rings (SSSR count). The Morgan fingerprint density at radius 1 is 1.50 bits per heavy atom. The Balaban J connectivity index is 3.17. The van der Waals surface area contributed by atoms with Gasteiger partial charge in [0.1, 0.15) is 0 Å². The van der Waals surface area contributed by atoms with Crippen LogP contribution in [-0.2, 0) is 0 Å². The lowest BCUT2D eigenvalue weighted by atomic mass is 11.9. The van der Waals surface area contributed by atoms with Gasteiger partial charge in [-0.15, -0.1) is 33.8 Å². The normalized spacial score (nSPS) is 12.0. The second-order valence-electron chi connectivity index (χ2n) is 1.20. The van der Waals surface area contributed by atoms with Crippen LogP contribution < -0.4 is 0 Å². The van der Waals surface area contributed by atoms with Crippen molar-refractivity contribution in [3.8, 4) is 0 Å². The first-order chi connectivity index (χ1) is 2.56. The minimum Gasteiger partial charge on any atom is -0.145 e. The Kier molecular flexibility index (Phi) is 2.84. The minimum atomic E-state index is -1.92. The summed E-state index contributed by atoms with van der Waals surface area (Å²) in [4.78, 5) is 0. The minimum absolute atomic E-state index is 0.413. The molecule has 0 aromatic heterocycles. The van der Waals surface area contributed by atoms with Gasteiger partial charge in [-0.3, -0.25) is 0 Å². The largest absolute Gasteiger partial charge is 0.262 e. The molecule has 0 aromatic rings. The van der Waals surface area contributed by atoms with Crippen molar-refractivity contribution >= 4 is 40.5 Å². The predicted molar refractivity (Wildman–Crippen MR) is 34.0 cm³/mol. The third-order valence-corrected chi connectivity index (χ3v) is 3.93. The average Bonchev–Trinajstić information content (AvgIpc) is 1.35. The molecule has 0 bridgehead atoms. The molecular formula is C2H5Cl3Si. The van der Waals surface area contributed by atoms with Crippen molar-refractivity contribution < 1.29 is 0 Å². The number of hydrogen-bond donors (Lipinski definition) is 0. The van der Waals surface area contributed by atoms with Crippen molar-refractivity contribution in [3.05, 3.63) is 0 Å². The predicted octanol–water partition coefficient (Wildman–Crippen LogP) is 2.31. The molecule has 4 heteroatoms. The van der Waals surface area contributed by atoms with Crippen molar-refractivity contribution in [2.45, 2.75) is 6.55 Å². The van der Waals surface area contributed by atoms with Crippen molar-refractivity contribution in [2.24, 2.45) is 0 Å². The van der Waals surface area contributed by atoms with E-state index in [1.165, 1.54) is 0 Å². The Morgan fingerprint density at radius 2 is 1.67 bits per heavy atom. The van der Waals surface area contributed by atoms with Crippen LogP contribution in [0.5, 0.6) is 0 Å². The van der Waals surface area contributed by atoms with Crippen LogP contribution in [-0.4, -0.2) is 12.2 Å². The topological polar surface area (TPSA) is 0 Å². The number of rotatable bonds is 1. The third-order valence-electron chi connectivity index (χ3n) is 0.235. The Hall–Kier alpha value is 1.09. The third kappa shape index (κ3) is 5.09. The second kappa shape index (κ2) is 2.41. The van der Waals surface area contributed by atoms with Gasteiger partial charge >= 0.3 is 0 Å². The summed E-state index contributed by atoms with van der Waals surface area (Å²) in [5.41, 5.74) is 0.413. The van der Waals surface area contributed by atoms with Gasteiger partial charge in [-0.25, -0.2) is 0 Å². The molecule has 0 saturated carbocycles. The van der Waals surface area contributed by atoms with Crippen LogP contribution in [0.15, 0.2) is 0 Å². The van der Waals surface area contributed by atoms with Gasteiger partial charge in [0.15, 0.2) is 0 Å². The molecule has 6 heavy (non-hydrogen) atoms. The lowest BCUT2D eigenvalue weighted by Crippen LogP contribution is -2.14. The molecule has 0 saturated heterocycles. The Morgan fingerprint density at radius 3 is 1.67 bits per heavy atom. The highest BCUT2D eigenvalue weighted by Crippen LogP contribution is 2.14. The molecule has 0 nitrogen and oxygen atoms in total. The van der Waals surface area contributed by atoms with E-state index >= 15 is 0 Å². The number of halogens is 3. The van der Waals surface area contributed by atoms with Gasteiger partial charge < -0.3 is 0 Å². The van der Waals surface area contributed by atoms with Crippen LogP contribution in [0.1, 0.15) is 0 Å². The highest BCUT2D eigenvalue weighted by Gasteiger charge is 2.17. The molecule has 0 unspecified atom stereocenters. The van der Waals surface area contributed by atoms with Crippen LogP contribution in [0.25, 0.3) is 0 Å². The van der Waals surface area contributed by atoms with Gasteiger partial charge in [0.05, 0.1) is 0 Å². The summed E-state index contributed by atoms with van der Waals surface area (Å²) in [7, 11) is 0. The first kappa shape index (κ1) is 7.09. The van der Waals surface area contributed by atoms with Crippen molar-refractivity contribution in [1.29, 1.82) is 0 Å². The smallest absolute Gasteiger partial charge is 0.145 e. The summed E-state index contributed by atoms with van der Waals surface area (Å²) in [6, 6.07) is 0. The fraction of sp³-hybridized carbons (Fsp3) is 1.00. The first-order valence-corrected chi connectivity index (χ1v) is 6.76. The molecule has 0 aliphatic carbocycles. The number of hydrogen-bond acceptors (Lipinski definition) is 0. The van der Waals surface area contributed by atoms with Crippen LogP contribution in [0.4, 0.5) is 0 Å². The Bertz CT molecular complexity index is 38.5. The monoisotopic (exact) mass is 162 g/mol. The zero-order valence-electron chi connectivity index (χ0n) is 3.34. The van der Waals surface area contributed by atoms with E-state index in [9.17, 15) is 0 Å². The summed E-state index contributed by atoms with van der Waals surface area (Å²) >= 11 is 16.3. The van der Waals surface area contributed by atoms with E-state index in [1.807, 2.05) is 0 Å². The summed E-state index contributed by atoms with van der Waals surface area (Å²) in [5, 5.41) is 0. The molecule has 0 atom stereocenters. The molecule has 0 radical (unpaired) electrons. The van der Waals surface area contributed by atoms with E-state index in [0.717, 1.165) is 0 Å². The standard InChI is InChI=1S/C2H5Cl3Si/c1-6(4,5)2-3/h2H2,1H3. The van der Waals surface area contributed by atoms with E-state index in [-0.39, 0.29) is 0 Å². The van der Waals surface area contributed by atoms with Crippen LogP contribution in [0, 0.1) is 0 Å². The summed E-state index contributed by atoms with van der Waals surface area (Å²) < 4.78 is 0. The van der Waals surface area contributed by atoms with Gasteiger partial charge in [-0.1, -0.05) is 0 Å². The maximum absolute atomic E-state index is 5.49. The molecule has 0 heterocycles. The lowest BCUT2D eigenvalue weighted by molar-refractivity contribution is 1.97. The van der Waals surface area contributed by atoms with Gasteiger partial charge in [-0.05, 0) is 6.55 Å². The van der Waals surface area contributed by atoms with Gasteiger partial charge in [0, 0.05) is 5.50 Å². The van der Waals surface area contributed by atoms with Crippen LogP contribution in [0.2, 0.25) is 6.55 Å². The zero-order valence-corrected chi connectivity index (χ0v) is 6.61. The highest BCUT2D eigenvalue weighted by molar-refractivity contribution is 7.46. The molecule has 0 aromatic carbocycles. The van der Waals surface area contributed by atoms with E-state index < -0.39 is 6.69 Å². The molecule has 0 aliphatic rings. The molecule has 0 amide bonds. The van der Waals surface area contributed by atoms with E-state index in [1.54, 1.807) is 6.55 Å². The molecule has 0 N–H and O–H groups in total. The maximum atomic E-state index is 5.49. The van der Waals surface area contributed by atoms with E-state index in [2.05, 4.69) is 0 Å². The van der Waals surface area contributed by atoms with Crippen LogP contribution in [0.3, 0.4) is 0 Å². The van der Waals surface area contributed by atoms with Gasteiger partial charge in [-0.2, -0.15) is 0 Å². The lowest BCUT2D eigenvalue weighted by Gasteiger charge is -1.99. The average molecular weight is 164 g/mol. The van der Waals surface area contributed by atoms with Gasteiger partial charge in [0.25, 0.3) is 6.69 Å².